The normalized spacial score (nSPS) is 10.3. The summed E-state index contributed by atoms with van der Waals surface area (Å²) in [7, 11) is 0. The number of benzene rings is 2. The van der Waals surface area contributed by atoms with Gasteiger partial charge in [-0.1, -0.05) is 0 Å². The van der Waals surface area contributed by atoms with Gasteiger partial charge in [-0.25, -0.2) is 4.39 Å². The average molecular weight is 362 g/mol. The van der Waals surface area contributed by atoms with Crippen LogP contribution in [-0.2, 0) is 0 Å². The monoisotopic (exact) mass is 362 g/mol. The maximum absolute atomic E-state index is 14.1. The molecule has 3 rings (SSSR count). The molecule has 0 spiro atoms. The fourth-order valence-corrected chi connectivity index (χ4v) is 2.68. The maximum Gasteiger partial charge on any atom is 0.258 e. The number of halogens is 1. The van der Waals surface area contributed by atoms with E-state index in [2.05, 4.69) is 5.32 Å². The quantitative estimate of drug-likeness (QED) is 0.483. The molecule has 7 heteroatoms. The molecule has 2 aromatic carbocycles. The molecule has 0 unspecified atom stereocenters. The van der Waals surface area contributed by atoms with Gasteiger partial charge in [-0.15, -0.1) is 0 Å². The maximum atomic E-state index is 14.1. The molecule has 4 N–H and O–H groups in total. The van der Waals surface area contributed by atoms with Crippen molar-refractivity contribution in [3.05, 3.63) is 82.6 Å². The zero-order chi connectivity index (χ0) is 19.6. The van der Waals surface area contributed by atoms with Crippen LogP contribution >= 0.6 is 0 Å². The van der Waals surface area contributed by atoms with Gasteiger partial charge in [-0.3, -0.25) is 10.2 Å². The molecule has 0 aliphatic heterocycles. The molecule has 0 atom stereocenters. The van der Waals surface area contributed by atoms with Crippen molar-refractivity contribution in [3.63, 3.8) is 0 Å². The number of amides is 1. The van der Waals surface area contributed by atoms with Gasteiger partial charge in [0.05, 0.1) is 35.4 Å². The van der Waals surface area contributed by atoms with Crippen LogP contribution in [0, 0.1) is 29.5 Å². The molecule has 0 fully saturated rings. The van der Waals surface area contributed by atoms with E-state index in [4.69, 9.17) is 20.8 Å². The van der Waals surface area contributed by atoms with E-state index in [1.807, 2.05) is 6.07 Å². The summed E-state index contributed by atoms with van der Waals surface area (Å²) in [5, 5.41) is 19.9. The fraction of sp³-hybridized carbons (Fsp3) is 0.0500. The Morgan fingerprint density at radius 1 is 1.30 bits per heavy atom. The van der Waals surface area contributed by atoms with Crippen molar-refractivity contribution in [3.8, 4) is 6.07 Å². The molecule has 0 saturated carbocycles. The topological polar surface area (TPSA) is 116 Å². The first-order chi connectivity index (χ1) is 12.9. The molecule has 1 amide bonds. The lowest BCUT2D eigenvalue weighted by atomic mass is 10.0. The summed E-state index contributed by atoms with van der Waals surface area (Å²) in [6.45, 7) is 1.51. The molecule has 0 saturated heterocycles. The number of hydrogen-bond donors (Lipinski definition) is 3. The van der Waals surface area contributed by atoms with E-state index in [1.54, 1.807) is 18.2 Å². The summed E-state index contributed by atoms with van der Waals surface area (Å²) in [4.78, 5) is 12.6. The highest BCUT2D eigenvalue weighted by molar-refractivity contribution is 6.14. The molecule has 134 valence electrons. The second-order valence-electron chi connectivity index (χ2n) is 5.85. The van der Waals surface area contributed by atoms with E-state index in [-0.39, 0.29) is 22.4 Å². The Kier molecular flexibility index (Phi) is 4.73. The number of nitrogens with zero attached hydrogens (tertiary/aromatic N) is 1. The lowest BCUT2D eigenvalue weighted by molar-refractivity contribution is 0.102. The Bertz CT molecular complexity index is 1080. The highest BCUT2D eigenvalue weighted by Crippen LogP contribution is 2.23. The highest BCUT2D eigenvalue weighted by atomic mass is 19.1. The van der Waals surface area contributed by atoms with Gasteiger partial charge in [-0.2, -0.15) is 5.26 Å². The van der Waals surface area contributed by atoms with Crippen LogP contribution in [0.2, 0.25) is 0 Å². The molecular weight excluding hydrogens is 347 g/mol. The van der Waals surface area contributed by atoms with E-state index >= 15 is 0 Å². The van der Waals surface area contributed by atoms with Gasteiger partial charge in [-0.05, 0) is 48.9 Å². The smallest absolute Gasteiger partial charge is 0.258 e. The van der Waals surface area contributed by atoms with Crippen LogP contribution in [0.25, 0.3) is 0 Å². The number of nitriles is 1. The number of nitrogens with one attached hydrogen (secondary N) is 2. The number of nitrogen functional groups attached to an aromatic ring is 1. The summed E-state index contributed by atoms with van der Waals surface area (Å²) in [5.74, 6) is -1.40. The minimum atomic E-state index is -0.717. The lowest BCUT2D eigenvalue weighted by Gasteiger charge is -2.12. The van der Waals surface area contributed by atoms with Crippen molar-refractivity contribution in [2.75, 3.05) is 11.1 Å². The number of carbonyl (C=O) groups excluding carboxylic acids is 1. The molecule has 6 nitrogen and oxygen atoms in total. The van der Waals surface area contributed by atoms with Crippen molar-refractivity contribution in [2.45, 2.75) is 6.92 Å². The number of hydrogen-bond acceptors (Lipinski definition) is 5. The van der Waals surface area contributed by atoms with Gasteiger partial charge in [0.15, 0.2) is 0 Å². The second-order valence-corrected chi connectivity index (χ2v) is 5.85. The van der Waals surface area contributed by atoms with E-state index in [0.29, 0.717) is 22.5 Å². The Hall–Kier alpha value is -3.92. The molecular formula is C20H15FN4O2. The summed E-state index contributed by atoms with van der Waals surface area (Å²) >= 11 is 0. The molecule has 27 heavy (non-hydrogen) atoms. The summed E-state index contributed by atoms with van der Waals surface area (Å²) in [6, 6.07) is 10.6. The van der Waals surface area contributed by atoms with Crippen LogP contribution in [-0.4, -0.2) is 11.6 Å². The molecule has 1 heterocycles. The van der Waals surface area contributed by atoms with Crippen molar-refractivity contribution in [1.82, 2.24) is 0 Å². The van der Waals surface area contributed by atoms with Crippen molar-refractivity contribution in [2.24, 2.45) is 0 Å². The standard InChI is InChI=1S/C20H15FN4O2/c1-11-12(9-22)2-4-16(21)18(11)20(26)25-14-3-5-17(23)15(8-14)19(24)13-6-7-27-10-13/h2-8,10,24H,23H2,1H3,(H,25,26). The Balaban J connectivity index is 1.93. The number of rotatable bonds is 4. The molecule has 0 aliphatic carbocycles. The first-order valence-electron chi connectivity index (χ1n) is 7.94. The van der Waals surface area contributed by atoms with Gasteiger partial charge in [0.25, 0.3) is 5.91 Å². The van der Waals surface area contributed by atoms with E-state index in [1.165, 1.54) is 31.6 Å². The third-order valence-corrected chi connectivity index (χ3v) is 4.15. The predicted octanol–water partition coefficient (Wildman–Crippen LogP) is 3.85. The fourth-order valence-electron chi connectivity index (χ4n) is 2.68. The van der Waals surface area contributed by atoms with Crippen molar-refractivity contribution >= 4 is 23.0 Å². The van der Waals surface area contributed by atoms with Crippen molar-refractivity contribution in [1.29, 1.82) is 10.7 Å². The zero-order valence-electron chi connectivity index (χ0n) is 14.3. The summed E-state index contributed by atoms with van der Waals surface area (Å²) in [5.41, 5.74) is 8.00. The van der Waals surface area contributed by atoms with Gasteiger partial charge in [0.2, 0.25) is 0 Å². The zero-order valence-corrected chi connectivity index (χ0v) is 14.3. The van der Waals surface area contributed by atoms with Gasteiger partial charge in [0.1, 0.15) is 5.82 Å². The van der Waals surface area contributed by atoms with Gasteiger partial charge >= 0.3 is 0 Å². The highest BCUT2D eigenvalue weighted by Gasteiger charge is 2.18. The Labute approximate surface area is 154 Å². The molecule has 0 radical (unpaired) electrons. The molecule has 0 aliphatic rings. The van der Waals surface area contributed by atoms with Crippen LogP contribution in [0.1, 0.15) is 32.6 Å². The first-order valence-corrected chi connectivity index (χ1v) is 7.94. The predicted molar refractivity (Wildman–Crippen MR) is 99.3 cm³/mol. The third-order valence-electron chi connectivity index (χ3n) is 4.15. The van der Waals surface area contributed by atoms with E-state index in [9.17, 15) is 9.18 Å². The second kappa shape index (κ2) is 7.14. The number of nitrogens with two attached hydrogens (primary N) is 1. The van der Waals surface area contributed by atoms with Crippen molar-refractivity contribution < 1.29 is 13.6 Å². The van der Waals surface area contributed by atoms with Crippen LogP contribution in [0.15, 0.2) is 53.3 Å². The molecule has 3 aromatic rings. The number of carbonyl (C=O) groups is 1. The Morgan fingerprint density at radius 2 is 2.07 bits per heavy atom. The van der Waals surface area contributed by atoms with E-state index < -0.39 is 11.7 Å². The summed E-state index contributed by atoms with van der Waals surface area (Å²) in [6.07, 6.45) is 2.86. The van der Waals surface area contributed by atoms with Crippen LogP contribution in [0.3, 0.4) is 0 Å². The largest absolute Gasteiger partial charge is 0.472 e. The minimum Gasteiger partial charge on any atom is -0.472 e. The van der Waals surface area contributed by atoms with Crippen LogP contribution < -0.4 is 11.1 Å². The average Bonchev–Trinajstić information content (AvgIpc) is 3.17. The van der Waals surface area contributed by atoms with E-state index in [0.717, 1.165) is 6.07 Å². The minimum absolute atomic E-state index is 0.131. The first kappa shape index (κ1) is 17.9. The Morgan fingerprint density at radius 3 is 2.74 bits per heavy atom. The molecule has 0 bridgehead atoms. The number of furan rings is 1. The van der Waals surface area contributed by atoms with Crippen LogP contribution in [0.5, 0.6) is 0 Å². The van der Waals surface area contributed by atoms with Crippen LogP contribution in [0.4, 0.5) is 15.8 Å². The summed E-state index contributed by atoms with van der Waals surface area (Å²) < 4.78 is 19.1. The third kappa shape index (κ3) is 3.41. The molecule has 1 aromatic heterocycles. The number of anilines is 2. The SMILES string of the molecule is Cc1c(C#N)ccc(F)c1C(=O)Nc1ccc(N)c(C(=N)c2ccoc2)c1. The lowest BCUT2D eigenvalue weighted by Crippen LogP contribution is -2.17. The van der Waals surface area contributed by atoms with Gasteiger partial charge < -0.3 is 15.5 Å². The van der Waals surface area contributed by atoms with Gasteiger partial charge in [0, 0.05) is 22.5 Å².